The topological polar surface area (TPSA) is 62.5 Å². The number of carbonyl (C=O) groups is 1. The van der Waals surface area contributed by atoms with Crippen molar-refractivity contribution in [2.45, 2.75) is 13.5 Å². The van der Waals surface area contributed by atoms with E-state index in [9.17, 15) is 4.79 Å². The number of aromatic nitrogens is 2. The van der Waals surface area contributed by atoms with Gasteiger partial charge in [0.15, 0.2) is 5.76 Å². The van der Waals surface area contributed by atoms with Crippen molar-refractivity contribution >= 4 is 28.4 Å². The van der Waals surface area contributed by atoms with Gasteiger partial charge in [0.1, 0.15) is 0 Å². The standard InChI is InChI=1S/C19H19ClN4O2/c1-13-9-16(26-22-13)12-23-5-7-24(8-6-23)19(25)17-11-15(20)10-14-3-2-4-21-18(14)17/h2-4,9-11H,5-8,12H2,1H3. The molecule has 6 nitrogen and oxygen atoms in total. The highest BCUT2D eigenvalue weighted by Crippen LogP contribution is 2.24. The maximum atomic E-state index is 13.0. The molecule has 3 aromatic rings. The van der Waals surface area contributed by atoms with Gasteiger partial charge in [-0.25, -0.2) is 0 Å². The predicted molar refractivity (Wildman–Crippen MR) is 99.2 cm³/mol. The van der Waals surface area contributed by atoms with E-state index < -0.39 is 0 Å². The number of benzene rings is 1. The van der Waals surface area contributed by atoms with Crippen molar-refractivity contribution in [3.05, 3.63) is 58.6 Å². The molecule has 2 aromatic heterocycles. The summed E-state index contributed by atoms with van der Waals surface area (Å²) in [6.45, 7) is 5.52. The summed E-state index contributed by atoms with van der Waals surface area (Å²) >= 11 is 6.20. The maximum absolute atomic E-state index is 13.0. The molecule has 0 aliphatic carbocycles. The molecule has 1 aliphatic heterocycles. The van der Waals surface area contributed by atoms with Gasteiger partial charge in [0, 0.05) is 48.9 Å². The Morgan fingerprint density at radius 2 is 2.04 bits per heavy atom. The number of nitrogens with zero attached hydrogens (tertiary/aromatic N) is 4. The van der Waals surface area contributed by atoms with Gasteiger partial charge in [0.25, 0.3) is 5.91 Å². The van der Waals surface area contributed by atoms with Crippen molar-refractivity contribution in [1.29, 1.82) is 0 Å². The van der Waals surface area contributed by atoms with E-state index in [0.717, 1.165) is 29.9 Å². The summed E-state index contributed by atoms with van der Waals surface area (Å²) in [5, 5.41) is 5.34. The number of pyridine rings is 1. The van der Waals surface area contributed by atoms with Gasteiger partial charge in [0.2, 0.25) is 0 Å². The van der Waals surface area contributed by atoms with Crippen LogP contribution in [0.1, 0.15) is 21.8 Å². The van der Waals surface area contributed by atoms with Crippen LogP contribution in [0.4, 0.5) is 0 Å². The molecule has 0 N–H and O–H groups in total. The number of hydrogen-bond donors (Lipinski definition) is 0. The third-order valence-electron chi connectivity index (χ3n) is 4.62. The van der Waals surface area contributed by atoms with Crippen LogP contribution < -0.4 is 0 Å². The van der Waals surface area contributed by atoms with Gasteiger partial charge in [-0.3, -0.25) is 14.7 Å². The molecular weight excluding hydrogens is 352 g/mol. The third-order valence-corrected chi connectivity index (χ3v) is 4.83. The zero-order chi connectivity index (χ0) is 18.1. The number of hydrogen-bond acceptors (Lipinski definition) is 5. The van der Waals surface area contributed by atoms with Crippen LogP contribution in [-0.4, -0.2) is 52.0 Å². The summed E-state index contributed by atoms with van der Waals surface area (Å²) in [6.07, 6.45) is 1.70. The molecule has 1 aliphatic rings. The molecule has 134 valence electrons. The number of piperazine rings is 1. The summed E-state index contributed by atoms with van der Waals surface area (Å²) in [4.78, 5) is 21.5. The van der Waals surface area contributed by atoms with Crippen LogP contribution >= 0.6 is 11.6 Å². The lowest BCUT2D eigenvalue weighted by atomic mass is 10.1. The molecule has 1 fully saturated rings. The van der Waals surface area contributed by atoms with E-state index in [-0.39, 0.29) is 5.91 Å². The Balaban J connectivity index is 1.47. The number of halogens is 1. The second kappa shape index (κ2) is 7.05. The molecular formula is C19H19ClN4O2. The summed E-state index contributed by atoms with van der Waals surface area (Å²) in [5.74, 6) is 0.832. The first-order valence-corrected chi connectivity index (χ1v) is 8.96. The van der Waals surface area contributed by atoms with Crippen molar-refractivity contribution in [3.8, 4) is 0 Å². The van der Waals surface area contributed by atoms with Crippen molar-refractivity contribution in [2.75, 3.05) is 26.2 Å². The van der Waals surface area contributed by atoms with Gasteiger partial charge in [-0.2, -0.15) is 0 Å². The SMILES string of the molecule is Cc1cc(CN2CCN(C(=O)c3cc(Cl)cc4cccnc34)CC2)on1. The fraction of sp³-hybridized carbons (Fsp3) is 0.316. The van der Waals surface area contributed by atoms with Crippen LogP contribution in [0.3, 0.4) is 0 Å². The highest BCUT2D eigenvalue weighted by molar-refractivity contribution is 6.32. The van der Waals surface area contributed by atoms with E-state index in [4.69, 9.17) is 16.1 Å². The minimum absolute atomic E-state index is 0.0219. The second-order valence-corrected chi connectivity index (χ2v) is 6.97. The largest absolute Gasteiger partial charge is 0.360 e. The normalized spacial score (nSPS) is 15.5. The van der Waals surface area contributed by atoms with Gasteiger partial charge >= 0.3 is 0 Å². The van der Waals surface area contributed by atoms with Gasteiger partial charge in [-0.05, 0) is 25.1 Å². The zero-order valence-corrected chi connectivity index (χ0v) is 15.2. The minimum atomic E-state index is -0.0219. The molecule has 0 bridgehead atoms. The Labute approximate surface area is 156 Å². The van der Waals surface area contributed by atoms with Crippen molar-refractivity contribution in [2.24, 2.45) is 0 Å². The monoisotopic (exact) mass is 370 g/mol. The lowest BCUT2D eigenvalue weighted by molar-refractivity contribution is 0.0619. The lowest BCUT2D eigenvalue weighted by Gasteiger charge is -2.34. The van der Waals surface area contributed by atoms with E-state index in [1.165, 1.54) is 0 Å². The Kier molecular flexibility index (Phi) is 4.61. The molecule has 0 saturated carbocycles. The molecule has 0 radical (unpaired) electrons. The van der Waals surface area contributed by atoms with E-state index in [1.807, 2.05) is 36.1 Å². The quantitative estimate of drug-likeness (QED) is 0.708. The Morgan fingerprint density at radius 1 is 1.23 bits per heavy atom. The van der Waals surface area contributed by atoms with Crippen LogP contribution in [0.2, 0.25) is 5.02 Å². The van der Waals surface area contributed by atoms with Crippen LogP contribution in [0, 0.1) is 6.92 Å². The molecule has 0 spiro atoms. The first-order chi connectivity index (χ1) is 12.6. The summed E-state index contributed by atoms with van der Waals surface area (Å²) in [6, 6.07) is 9.25. The van der Waals surface area contributed by atoms with Crippen molar-refractivity contribution < 1.29 is 9.32 Å². The van der Waals surface area contributed by atoms with Crippen LogP contribution in [0.15, 0.2) is 41.1 Å². The fourth-order valence-corrected chi connectivity index (χ4v) is 3.54. The molecule has 26 heavy (non-hydrogen) atoms. The van der Waals surface area contributed by atoms with Gasteiger partial charge < -0.3 is 9.42 Å². The average Bonchev–Trinajstić information content (AvgIpc) is 3.06. The summed E-state index contributed by atoms with van der Waals surface area (Å²) in [7, 11) is 0. The van der Waals surface area contributed by atoms with Gasteiger partial charge in [-0.1, -0.05) is 22.8 Å². The lowest BCUT2D eigenvalue weighted by Crippen LogP contribution is -2.48. The molecule has 0 atom stereocenters. The predicted octanol–water partition coefficient (Wildman–Crippen LogP) is 3.14. The Morgan fingerprint density at radius 3 is 2.77 bits per heavy atom. The number of fused-ring (bicyclic) bond motifs is 1. The van der Waals surface area contributed by atoms with E-state index >= 15 is 0 Å². The van der Waals surface area contributed by atoms with E-state index in [0.29, 0.717) is 35.7 Å². The van der Waals surface area contributed by atoms with E-state index in [1.54, 1.807) is 12.3 Å². The molecule has 4 rings (SSSR count). The molecule has 1 aromatic carbocycles. The smallest absolute Gasteiger partial charge is 0.256 e. The van der Waals surface area contributed by atoms with Gasteiger partial charge in [0.05, 0.1) is 23.3 Å². The first kappa shape index (κ1) is 17.0. The highest BCUT2D eigenvalue weighted by Gasteiger charge is 2.24. The second-order valence-electron chi connectivity index (χ2n) is 6.53. The van der Waals surface area contributed by atoms with Crippen molar-refractivity contribution in [3.63, 3.8) is 0 Å². The first-order valence-electron chi connectivity index (χ1n) is 8.58. The highest BCUT2D eigenvalue weighted by atomic mass is 35.5. The third kappa shape index (κ3) is 3.43. The molecule has 1 amide bonds. The van der Waals surface area contributed by atoms with Crippen LogP contribution in [-0.2, 0) is 6.54 Å². The zero-order valence-electron chi connectivity index (χ0n) is 14.5. The van der Waals surface area contributed by atoms with E-state index in [2.05, 4.69) is 15.0 Å². The molecule has 1 saturated heterocycles. The number of carbonyl (C=O) groups excluding carboxylic acids is 1. The summed E-state index contributed by atoms with van der Waals surface area (Å²) in [5.41, 5.74) is 2.14. The minimum Gasteiger partial charge on any atom is -0.360 e. The number of rotatable bonds is 3. The Hall–Kier alpha value is -2.44. The van der Waals surface area contributed by atoms with Crippen LogP contribution in [0.5, 0.6) is 0 Å². The van der Waals surface area contributed by atoms with Gasteiger partial charge in [-0.15, -0.1) is 0 Å². The fourth-order valence-electron chi connectivity index (χ4n) is 3.31. The average molecular weight is 371 g/mol. The maximum Gasteiger partial charge on any atom is 0.256 e. The molecule has 3 heterocycles. The molecule has 7 heteroatoms. The summed E-state index contributed by atoms with van der Waals surface area (Å²) < 4.78 is 5.28. The van der Waals surface area contributed by atoms with Crippen molar-refractivity contribution in [1.82, 2.24) is 19.9 Å². The molecule has 0 unspecified atom stereocenters. The Bertz CT molecular complexity index is 948. The van der Waals surface area contributed by atoms with Crippen LogP contribution in [0.25, 0.3) is 10.9 Å². The number of aryl methyl sites for hydroxylation is 1. The number of amides is 1.